The number of guanidine groups is 1. The van der Waals surface area contributed by atoms with Crippen LogP contribution in [0.25, 0.3) is 0 Å². The molecule has 0 aliphatic carbocycles. The van der Waals surface area contributed by atoms with Gasteiger partial charge in [-0.1, -0.05) is 26.0 Å². The highest BCUT2D eigenvalue weighted by Gasteiger charge is 2.43. The Kier molecular flexibility index (Phi) is 6.24. The molecule has 1 aliphatic rings. The summed E-state index contributed by atoms with van der Waals surface area (Å²) in [6.07, 6.45) is 0.610. The number of rotatable bonds is 6. The molecule has 3 rings (SSSR count). The van der Waals surface area contributed by atoms with E-state index in [4.69, 9.17) is 5.73 Å². The molecule has 31 heavy (non-hydrogen) atoms. The van der Waals surface area contributed by atoms with Gasteiger partial charge in [-0.25, -0.2) is 18.6 Å². The Balaban J connectivity index is 1.60. The lowest BCUT2D eigenvalue weighted by Crippen LogP contribution is -2.43. The summed E-state index contributed by atoms with van der Waals surface area (Å²) >= 11 is 0. The Morgan fingerprint density at radius 1 is 1.10 bits per heavy atom. The average Bonchev–Trinajstić information content (AvgIpc) is 2.88. The number of hydrogen-bond acceptors (Lipinski definition) is 4. The fourth-order valence-corrected chi connectivity index (χ4v) is 3.58. The second kappa shape index (κ2) is 8.71. The number of nitrogens with two attached hydrogens (primary N) is 1. The number of benzene rings is 2. The van der Waals surface area contributed by atoms with Crippen molar-refractivity contribution in [2.24, 2.45) is 16.6 Å². The van der Waals surface area contributed by atoms with Gasteiger partial charge >= 0.3 is 6.03 Å². The van der Waals surface area contributed by atoms with Crippen LogP contribution in [0.3, 0.4) is 0 Å². The first-order chi connectivity index (χ1) is 14.6. The van der Waals surface area contributed by atoms with E-state index in [9.17, 15) is 18.4 Å². The summed E-state index contributed by atoms with van der Waals surface area (Å²) in [7, 11) is 0. The van der Waals surface area contributed by atoms with E-state index in [2.05, 4.69) is 15.6 Å². The molecule has 1 aliphatic heterocycles. The first kappa shape index (κ1) is 22.2. The van der Waals surface area contributed by atoms with E-state index in [1.807, 2.05) is 13.8 Å². The van der Waals surface area contributed by atoms with Gasteiger partial charge in [-0.15, -0.1) is 0 Å². The molecule has 3 amide bonds. The zero-order valence-corrected chi connectivity index (χ0v) is 17.6. The number of carbonyl (C=O) groups is 2. The molecule has 2 aromatic rings. The van der Waals surface area contributed by atoms with E-state index in [0.717, 1.165) is 17.7 Å². The van der Waals surface area contributed by atoms with E-state index < -0.39 is 23.2 Å². The molecule has 7 nitrogen and oxygen atoms in total. The van der Waals surface area contributed by atoms with Crippen molar-refractivity contribution in [2.45, 2.75) is 39.3 Å². The Hall–Kier alpha value is -3.49. The molecule has 2 aromatic carbocycles. The maximum absolute atomic E-state index is 13.2. The Labute approximate surface area is 179 Å². The third kappa shape index (κ3) is 5.17. The topological polar surface area (TPSA) is 99.8 Å². The van der Waals surface area contributed by atoms with Crippen LogP contribution in [0.1, 0.15) is 32.8 Å². The highest BCUT2D eigenvalue weighted by atomic mass is 19.2. The summed E-state index contributed by atoms with van der Waals surface area (Å²) < 4.78 is 26.2. The van der Waals surface area contributed by atoms with Crippen molar-refractivity contribution in [1.82, 2.24) is 4.90 Å². The standard InChI is InChI=1S/C22H25F2N5O2/c1-13(2)11-22(3)19(30)29(20(25)28-22)12-14-4-6-15(7-5-14)26-21(31)27-16-8-9-17(23)18(24)10-16/h4-10,13H,11-12H2,1-3H3,(H2,25,28)(H2,26,27,31). The number of nitrogens with zero attached hydrogens (tertiary/aromatic N) is 2. The lowest BCUT2D eigenvalue weighted by atomic mass is 9.91. The van der Waals surface area contributed by atoms with Gasteiger partial charge in [0.2, 0.25) is 0 Å². The summed E-state index contributed by atoms with van der Waals surface area (Å²) in [5, 5.41) is 5.03. The first-order valence-corrected chi connectivity index (χ1v) is 9.86. The minimum atomic E-state index is -1.05. The molecular formula is C22H25F2N5O2. The predicted molar refractivity (Wildman–Crippen MR) is 115 cm³/mol. The molecule has 1 heterocycles. The third-order valence-corrected chi connectivity index (χ3v) is 4.88. The summed E-state index contributed by atoms with van der Waals surface area (Å²) in [5.41, 5.74) is 6.57. The summed E-state index contributed by atoms with van der Waals surface area (Å²) in [6, 6.07) is 9.33. The number of nitrogens with one attached hydrogen (secondary N) is 2. The van der Waals surface area contributed by atoms with Crippen LogP contribution in [0.4, 0.5) is 25.0 Å². The summed E-state index contributed by atoms with van der Waals surface area (Å²) in [4.78, 5) is 30.7. The van der Waals surface area contributed by atoms with Crippen LogP contribution in [0.5, 0.6) is 0 Å². The van der Waals surface area contributed by atoms with Gasteiger partial charge in [0.25, 0.3) is 5.91 Å². The smallest absolute Gasteiger partial charge is 0.323 e. The number of urea groups is 1. The van der Waals surface area contributed by atoms with Crippen molar-refractivity contribution in [1.29, 1.82) is 0 Å². The molecule has 9 heteroatoms. The number of hydrogen-bond donors (Lipinski definition) is 3. The van der Waals surface area contributed by atoms with E-state index in [1.165, 1.54) is 11.0 Å². The van der Waals surface area contributed by atoms with Crippen molar-refractivity contribution in [3.63, 3.8) is 0 Å². The fraction of sp³-hybridized carbons (Fsp3) is 0.318. The second-order valence-corrected chi connectivity index (χ2v) is 8.14. The van der Waals surface area contributed by atoms with Crippen molar-refractivity contribution in [2.75, 3.05) is 10.6 Å². The average molecular weight is 429 g/mol. The molecule has 164 valence electrons. The maximum Gasteiger partial charge on any atom is 0.323 e. The lowest BCUT2D eigenvalue weighted by Gasteiger charge is -2.23. The van der Waals surface area contributed by atoms with Crippen molar-refractivity contribution in [3.05, 3.63) is 59.7 Å². The van der Waals surface area contributed by atoms with Gasteiger partial charge in [0, 0.05) is 17.4 Å². The Morgan fingerprint density at radius 3 is 2.32 bits per heavy atom. The molecule has 0 saturated heterocycles. The van der Waals surface area contributed by atoms with Crippen molar-refractivity contribution < 1.29 is 18.4 Å². The molecule has 0 radical (unpaired) electrons. The SMILES string of the molecule is CC(C)CC1(C)N=C(N)N(Cc2ccc(NC(=O)Nc3ccc(F)c(F)c3)cc2)C1=O. The van der Waals surface area contributed by atoms with Crippen LogP contribution in [-0.2, 0) is 11.3 Å². The number of halogens is 2. The van der Waals surface area contributed by atoms with Crippen LogP contribution in [-0.4, -0.2) is 28.3 Å². The Morgan fingerprint density at radius 2 is 1.71 bits per heavy atom. The molecule has 1 unspecified atom stereocenters. The predicted octanol–water partition coefficient (Wildman–Crippen LogP) is 4.07. The molecule has 0 bridgehead atoms. The van der Waals surface area contributed by atoms with Crippen LogP contribution in [0.15, 0.2) is 47.5 Å². The maximum atomic E-state index is 13.2. The highest BCUT2D eigenvalue weighted by Crippen LogP contribution is 2.29. The third-order valence-electron chi connectivity index (χ3n) is 4.88. The van der Waals surface area contributed by atoms with Crippen LogP contribution >= 0.6 is 0 Å². The Bertz CT molecular complexity index is 1020. The monoisotopic (exact) mass is 429 g/mol. The zero-order chi connectivity index (χ0) is 22.8. The zero-order valence-electron chi connectivity index (χ0n) is 17.6. The van der Waals surface area contributed by atoms with E-state index in [1.54, 1.807) is 31.2 Å². The fourth-order valence-electron chi connectivity index (χ4n) is 3.58. The summed E-state index contributed by atoms with van der Waals surface area (Å²) in [6.45, 7) is 6.12. The molecule has 4 N–H and O–H groups in total. The minimum absolute atomic E-state index is 0.125. The van der Waals surface area contributed by atoms with Gasteiger partial charge in [-0.2, -0.15) is 0 Å². The lowest BCUT2D eigenvalue weighted by molar-refractivity contribution is -0.131. The molecule has 0 fully saturated rings. The van der Waals surface area contributed by atoms with Crippen molar-refractivity contribution in [3.8, 4) is 0 Å². The molecule has 0 saturated carbocycles. The van der Waals surface area contributed by atoms with Gasteiger partial charge in [0.05, 0.1) is 6.54 Å². The highest BCUT2D eigenvalue weighted by molar-refractivity contribution is 6.06. The normalized spacial score (nSPS) is 18.3. The molecule has 1 atom stereocenters. The van der Waals surface area contributed by atoms with Gasteiger partial charge < -0.3 is 16.4 Å². The van der Waals surface area contributed by atoms with E-state index in [0.29, 0.717) is 18.0 Å². The van der Waals surface area contributed by atoms with Crippen LogP contribution < -0.4 is 16.4 Å². The van der Waals surface area contributed by atoms with Gasteiger partial charge in [-0.05, 0) is 49.1 Å². The van der Waals surface area contributed by atoms with Crippen molar-refractivity contribution >= 4 is 29.3 Å². The van der Waals surface area contributed by atoms with Gasteiger partial charge in [0.15, 0.2) is 17.6 Å². The van der Waals surface area contributed by atoms with Gasteiger partial charge in [0.1, 0.15) is 5.54 Å². The number of carbonyl (C=O) groups excluding carboxylic acids is 2. The minimum Gasteiger partial charge on any atom is -0.369 e. The van der Waals surface area contributed by atoms with E-state index in [-0.39, 0.29) is 24.1 Å². The van der Waals surface area contributed by atoms with Crippen LogP contribution in [0, 0.1) is 17.6 Å². The molecule has 0 aromatic heterocycles. The second-order valence-electron chi connectivity index (χ2n) is 8.14. The summed E-state index contributed by atoms with van der Waals surface area (Å²) in [5.74, 6) is -1.68. The number of amides is 3. The first-order valence-electron chi connectivity index (χ1n) is 9.86. The quantitative estimate of drug-likeness (QED) is 0.645. The van der Waals surface area contributed by atoms with Crippen LogP contribution in [0.2, 0.25) is 0 Å². The number of aliphatic imine (C=N–C) groups is 1. The number of anilines is 2. The molecular weight excluding hydrogens is 404 g/mol. The largest absolute Gasteiger partial charge is 0.369 e. The molecule has 0 spiro atoms. The van der Waals surface area contributed by atoms with Gasteiger partial charge in [-0.3, -0.25) is 9.69 Å². The van der Waals surface area contributed by atoms with E-state index >= 15 is 0 Å².